The van der Waals surface area contributed by atoms with Gasteiger partial charge in [-0.1, -0.05) is 24.6 Å². The van der Waals surface area contributed by atoms with E-state index >= 15 is 0 Å². The van der Waals surface area contributed by atoms with Crippen LogP contribution in [0.3, 0.4) is 0 Å². The molecule has 4 heteroatoms. The molecule has 1 aromatic carbocycles. The summed E-state index contributed by atoms with van der Waals surface area (Å²) in [5, 5.41) is 4.02. The fourth-order valence-corrected chi connectivity index (χ4v) is 2.02. The first-order chi connectivity index (χ1) is 8.67. The van der Waals surface area contributed by atoms with E-state index < -0.39 is 0 Å². The standard InChI is InChI=1S/C14H22ClNO2/c1-11(10-16-6-7-17-2)8-12-4-5-13(15)14(9-12)18-3/h4-5,9,11,16H,6-8,10H2,1-3H3. The molecule has 1 rings (SSSR count). The third-order valence-corrected chi connectivity index (χ3v) is 3.09. The molecule has 0 radical (unpaired) electrons. The van der Waals surface area contributed by atoms with Gasteiger partial charge >= 0.3 is 0 Å². The first-order valence-electron chi connectivity index (χ1n) is 6.19. The summed E-state index contributed by atoms with van der Waals surface area (Å²) >= 11 is 6.00. The molecule has 0 amide bonds. The molecule has 0 heterocycles. The summed E-state index contributed by atoms with van der Waals surface area (Å²) in [6.07, 6.45) is 1.01. The molecule has 0 aliphatic carbocycles. The second-order valence-corrected chi connectivity index (χ2v) is 4.88. The summed E-state index contributed by atoms with van der Waals surface area (Å²) in [6, 6.07) is 5.95. The number of benzene rings is 1. The van der Waals surface area contributed by atoms with Crippen molar-refractivity contribution in [2.75, 3.05) is 33.9 Å². The zero-order chi connectivity index (χ0) is 13.4. The minimum atomic E-state index is 0.563. The maximum atomic E-state index is 6.00. The third-order valence-electron chi connectivity index (χ3n) is 2.78. The molecule has 102 valence electrons. The van der Waals surface area contributed by atoms with Gasteiger partial charge in [0.1, 0.15) is 5.75 Å². The maximum absolute atomic E-state index is 6.00. The minimum absolute atomic E-state index is 0.563. The number of rotatable bonds is 8. The van der Waals surface area contributed by atoms with E-state index in [0.29, 0.717) is 10.9 Å². The van der Waals surface area contributed by atoms with Crippen LogP contribution in [0.5, 0.6) is 5.75 Å². The van der Waals surface area contributed by atoms with Crippen LogP contribution in [0.15, 0.2) is 18.2 Å². The number of halogens is 1. The van der Waals surface area contributed by atoms with Gasteiger partial charge in [0.2, 0.25) is 0 Å². The van der Waals surface area contributed by atoms with Crippen molar-refractivity contribution in [1.82, 2.24) is 5.32 Å². The largest absolute Gasteiger partial charge is 0.495 e. The minimum Gasteiger partial charge on any atom is -0.495 e. The fraction of sp³-hybridized carbons (Fsp3) is 0.571. The van der Waals surface area contributed by atoms with Crippen LogP contribution in [0.4, 0.5) is 0 Å². The van der Waals surface area contributed by atoms with Gasteiger partial charge < -0.3 is 14.8 Å². The van der Waals surface area contributed by atoms with Gasteiger partial charge in [-0.15, -0.1) is 0 Å². The molecule has 1 atom stereocenters. The molecule has 1 N–H and O–H groups in total. The van der Waals surface area contributed by atoms with E-state index in [-0.39, 0.29) is 0 Å². The van der Waals surface area contributed by atoms with Crippen LogP contribution >= 0.6 is 11.6 Å². The second-order valence-electron chi connectivity index (χ2n) is 4.48. The molecule has 0 bridgehead atoms. The van der Waals surface area contributed by atoms with Crippen LogP contribution in [-0.2, 0) is 11.2 Å². The van der Waals surface area contributed by atoms with Crippen LogP contribution in [0, 0.1) is 5.92 Å². The lowest BCUT2D eigenvalue weighted by molar-refractivity contribution is 0.198. The van der Waals surface area contributed by atoms with Crippen molar-refractivity contribution in [3.63, 3.8) is 0 Å². The number of ether oxygens (including phenoxy) is 2. The smallest absolute Gasteiger partial charge is 0.137 e. The van der Waals surface area contributed by atoms with Crippen LogP contribution in [-0.4, -0.2) is 33.9 Å². The van der Waals surface area contributed by atoms with E-state index in [9.17, 15) is 0 Å². The Labute approximate surface area is 114 Å². The average molecular weight is 272 g/mol. The van der Waals surface area contributed by atoms with Crippen molar-refractivity contribution in [3.8, 4) is 5.75 Å². The van der Waals surface area contributed by atoms with Crippen molar-refractivity contribution < 1.29 is 9.47 Å². The highest BCUT2D eigenvalue weighted by molar-refractivity contribution is 6.32. The zero-order valence-electron chi connectivity index (χ0n) is 11.3. The predicted octanol–water partition coefficient (Wildman–Crippen LogP) is 2.76. The Kier molecular flexibility index (Phi) is 7.09. The highest BCUT2D eigenvalue weighted by Gasteiger charge is 2.06. The normalized spacial score (nSPS) is 12.4. The van der Waals surface area contributed by atoms with Gasteiger partial charge in [-0.05, 0) is 36.6 Å². The number of methoxy groups -OCH3 is 2. The van der Waals surface area contributed by atoms with Crippen LogP contribution in [0.25, 0.3) is 0 Å². The summed E-state index contributed by atoms with van der Waals surface area (Å²) < 4.78 is 10.2. The molecule has 18 heavy (non-hydrogen) atoms. The second kappa shape index (κ2) is 8.35. The maximum Gasteiger partial charge on any atom is 0.137 e. The first kappa shape index (κ1) is 15.3. The molecule has 1 aromatic rings. The van der Waals surface area contributed by atoms with E-state index in [1.165, 1.54) is 5.56 Å². The summed E-state index contributed by atoms with van der Waals surface area (Å²) in [7, 11) is 3.35. The molecule has 0 spiro atoms. The van der Waals surface area contributed by atoms with Crippen molar-refractivity contribution in [3.05, 3.63) is 28.8 Å². The molecule has 0 fully saturated rings. The molecule has 3 nitrogen and oxygen atoms in total. The summed E-state index contributed by atoms with van der Waals surface area (Å²) in [5.74, 6) is 1.31. The van der Waals surface area contributed by atoms with Gasteiger partial charge in [0.25, 0.3) is 0 Å². The molecule has 0 aromatic heterocycles. The lowest BCUT2D eigenvalue weighted by Crippen LogP contribution is -2.25. The SMILES string of the molecule is COCCNCC(C)Cc1ccc(Cl)c(OC)c1. The monoisotopic (exact) mass is 271 g/mol. The molecule has 0 saturated carbocycles. The lowest BCUT2D eigenvalue weighted by atomic mass is 10.0. The predicted molar refractivity (Wildman–Crippen MR) is 75.6 cm³/mol. The van der Waals surface area contributed by atoms with Crippen molar-refractivity contribution in [2.45, 2.75) is 13.3 Å². The molecular formula is C14H22ClNO2. The van der Waals surface area contributed by atoms with Gasteiger partial charge in [0.05, 0.1) is 18.7 Å². The van der Waals surface area contributed by atoms with Gasteiger partial charge in [-0.3, -0.25) is 0 Å². The Morgan fingerprint density at radius 3 is 2.78 bits per heavy atom. The molecule has 0 saturated heterocycles. The Hall–Kier alpha value is -0.770. The first-order valence-corrected chi connectivity index (χ1v) is 6.57. The van der Waals surface area contributed by atoms with E-state index in [4.69, 9.17) is 21.1 Å². The average Bonchev–Trinajstić information content (AvgIpc) is 2.37. The number of hydrogen-bond donors (Lipinski definition) is 1. The van der Waals surface area contributed by atoms with Crippen LogP contribution in [0.1, 0.15) is 12.5 Å². The van der Waals surface area contributed by atoms with E-state index in [1.807, 2.05) is 12.1 Å². The van der Waals surface area contributed by atoms with Crippen molar-refractivity contribution in [1.29, 1.82) is 0 Å². The lowest BCUT2D eigenvalue weighted by Gasteiger charge is -2.13. The van der Waals surface area contributed by atoms with Crippen LogP contribution in [0.2, 0.25) is 5.02 Å². The molecular weight excluding hydrogens is 250 g/mol. The van der Waals surface area contributed by atoms with Crippen molar-refractivity contribution >= 4 is 11.6 Å². The highest BCUT2D eigenvalue weighted by Crippen LogP contribution is 2.25. The van der Waals surface area contributed by atoms with Gasteiger partial charge in [-0.25, -0.2) is 0 Å². The number of hydrogen-bond acceptors (Lipinski definition) is 3. The number of nitrogens with one attached hydrogen (secondary N) is 1. The molecule has 1 unspecified atom stereocenters. The molecule has 0 aliphatic heterocycles. The Balaban J connectivity index is 2.41. The Morgan fingerprint density at radius 2 is 2.11 bits per heavy atom. The van der Waals surface area contributed by atoms with Gasteiger partial charge in [-0.2, -0.15) is 0 Å². The summed E-state index contributed by atoms with van der Waals surface area (Å²) in [6.45, 7) is 4.85. The highest BCUT2D eigenvalue weighted by atomic mass is 35.5. The topological polar surface area (TPSA) is 30.5 Å². The summed E-state index contributed by atoms with van der Waals surface area (Å²) in [4.78, 5) is 0. The quantitative estimate of drug-likeness (QED) is 0.738. The Bertz CT molecular complexity index is 358. The zero-order valence-corrected chi connectivity index (χ0v) is 12.1. The van der Waals surface area contributed by atoms with Gasteiger partial charge in [0.15, 0.2) is 0 Å². The van der Waals surface area contributed by atoms with Crippen molar-refractivity contribution in [2.24, 2.45) is 5.92 Å². The third kappa shape index (κ3) is 5.25. The Morgan fingerprint density at radius 1 is 1.33 bits per heavy atom. The summed E-state index contributed by atoms with van der Waals surface area (Å²) in [5.41, 5.74) is 1.25. The fourth-order valence-electron chi connectivity index (χ4n) is 1.83. The van der Waals surface area contributed by atoms with Crippen LogP contribution < -0.4 is 10.1 Å². The van der Waals surface area contributed by atoms with E-state index in [2.05, 4.69) is 18.3 Å². The molecule has 0 aliphatic rings. The van der Waals surface area contributed by atoms with E-state index in [0.717, 1.165) is 31.9 Å². The van der Waals surface area contributed by atoms with E-state index in [1.54, 1.807) is 14.2 Å². The van der Waals surface area contributed by atoms with Gasteiger partial charge in [0, 0.05) is 13.7 Å².